The zero-order valence-corrected chi connectivity index (χ0v) is 10.7. The number of aliphatic hydroxyl groups is 1. The zero-order chi connectivity index (χ0) is 14.6. The highest BCUT2D eigenvalue weighted by Gasteiger charge is 2.38. The number of hydrogen-bond acceptors (Lipinski definition) is 4. The minimum Gasteiger partial charge on any atom is -0.485 e. The Kier molecular flexibility index (Phi) is 4.72. The standard InChI is InChI=1S/C13H16F3NO3/c14-9-1-2-10(11(3-9)20-4-12(15)16)17-5-13(6-18)7-19-8-13/h1-3,12,17-18H,4-8H2. The fourth-order valence-electron chi connectivity index (χ4n) is 1.84. The molecule has 1 aromatic rings. The van der Waals surface area contributed by atoms with Gasteiger partial charge in [0.25, 0.3) is 6.43 Å². The Hall–Kier alpha value is -1.47. The Labute approximate surface area is 114 Å². The lowest BCUT2D eigenvalue weighted by Crippen LogP contribution is -2.50. The highest BCUT2D eigenvalue weighted by molar-refractivity contribution is 5.56. The van der Waals surface area contributed by atoms with E-state index in [1.54, 1.807) is 0 Å². The van der Waals surface area contributed by atoms with Crippen LogP contribution >= 0.6 is 0 Å². The van der Waals surface area contributed by atoms with Crippen LogP contribution in [0.1, 0.15) is 0 Å². The van der Waals surface area contributed by atoms with E-state index in [1.807, 2.05) is 0 Å². The summed E-state index contributed by atoms with van der Waals surface area (Å²) in [6.07, 6.45) is -2.63. The van der Waals surface area contributed by atoms with Crippen molar-refractivity contribution < 1.29 is 27.8 Å². The molecule has 0 amide bonds. The molecule has 0 aliphatic carbocycles. The minimum absolute atomic E-state index is 0.0265. The molecule has 1 fully saturated rings. The van der Waals surface area contributed by atoms with E-state index in [1.165, 1.54) is 12.1 Å². The second kappa shape index (κ2) is 6.32. The molecule has 2 N–H and O–H groups in total. The maximum Gasteiger partial charge on any atom is 0.272 e. The van der Waals surface area contributed by atoms with Crippen LogP contribution in [0.25, 0.3) is 0 Å². The molecule has 2 rings (SSSR count). The summed E-state index contributed by atoms with van der Waals surface area (Å²) in [5.74, 6) is -0.540. The molecular weight excluding hydrogens is 275 g/mol. The van der Waals surface area contributed by atoms with Crippen molar-refractivity contribution in [2.75, 3.05) is 38.3 Å². The van der Waals surface area contributed by atoms with Gasteiger partial charge in [-0.05, 0) is 12.1 Å². The molecule has 0 spiro atoms. The van der Waals surface area contributed by atoms with Crippen LogP contribution in [-0.2, 0) is 4.74 Å². The molecule has 1 heterocycles. The Morgan fingerprint density at radius 3 is 2.70 bits per heavy atom. The lowest BCUT2D eigenvalue weighted by atomic mass is 9.87. The van der Waals surface area contributed by atoms with Gasteiger partial charge in [-0.2, -0.15) is 0 Å². The van der Waals surface area contributed by atoms with Gasteiger partial charge in [-0.1, -0.05) is 0 Å². The van der Waals surface area contributed by atoms with E-state index < -0.39 is 18.8 Å². The quantitative estimate of drug-likeness (QED) is 0.805. The fourth-order valence-corrected chi connectivity index (χ4v) is 1.84. The maximum absolute atomic E-state index is 13.1. The number of rotatable bonds is 7. The Balaban J connectivity index is 2.02. The van der Waals surface area contributed by atoms with Crippen LogP contribution < -0.4 is 10.1 Å². The average molecular weight is 291 g/mol. The molecule has 0 bridgehead atoms. The third-order valence-corrected chi connectivity index (χ3v) is 3.11. The molecule has 1 aliphatic heterocycles. The summed E-state index contributed by atoms with van der Waals surface area (Å²) in [5, 5.41) is 12.3. The molecule has 112 valence electrons. The van der Waals surface area contributed by atoms with E-state index in [2.05, 4.69) is 5.32 Å². The second-order valence-corrected chi connectivity index (χ2v) is 4.85. The summed E-state index contributed by atoms with van der Waals surface area (Å²) in [5.41, 5.74) is 0.0285. The molecule has 4 nitrogen and oxygen atoms in total. The molecule has 1 aromatic carbocycles. The van der Waals surface area contributed by atoms with Crippen molar-refractivity contribution in [1.82, 2.24) is 0 Å². The first kappa shape index (κ1) is 14.9. The number of anilines is 1. The van der Waals surface area contributed by atoms with Gasteiger partial charge in [0.05, 0.1) is 30.9 Å². The summed E-state index contributed by atoms with van der Waals surface area (Å²) >= 11 is 0. The van der Waals surface area contributed by atoms with E-state index in [0.717, 1.165) is 6.07 Å². The van der Waals surface area contributed by atoms with Gasteiger partial charge < -0.3 is 19.9 Å². The minimum atomic E-state index is -2.63. The van der Waals surface area contributed by atoms with Gasteiger partial charge in [0.15, 0.2) is 0 Å². The van der Waals surface area contributed by atoms with Gasteiger partial charge in [0, 0.05) is 12.6 Å². The number of halogens is 3. The van der Waals surface area contributed by atoms with Crippen molar-refractivity contribution in [2.24, 2.45) is 5.41 Å². The number of hydrogen-bond donors (Lipinski definition) is 2. The predicted molar refractivity (Wildman–Crippen MR) is 66.7 cm³/mol. The van der Waals surface area contributed by atoms with Gasteiger partial charge in [-0.3, -0.25) is 0 Å². The first-order valence-corrected chi connectivity index (χ1v) is 6.18. The summed E-state index contributed by atoms with van der Waals surface area (Å²) < 4.78 is 47.4. The van der Waals surface area contributed by atoms with Crippen LogP contribution in [-0.4, -0.2) is 44.5 Å². The van der Waals surface area contributed by atoms with Crippen molar-refractivity contribution >= 4 is 5.69 Å². The lowest BCUT2D eigenvalue weighted by molar-refractivity contribution is -0.128. The van der Waals surface area contributed by atoms with Crippen LogP contribution in [0.3, 0.4) is 0 Å². The predicted octanol–water partition coefficient (Wildman–Crippen LogP) is 1.89. The highest BCUT2D eigenvalue weighted by Crippen LogP contribution is 2.30. The normalized spacial score (nSPS) is 16.9. The van der Waals surface area contributed by atoms with Crippen LogP contribution in [0.5, 0.6) is 5.75 Å². The zero-order valence-electron chi connectivity index (χ0n) is 10.7. The average Bonchev–Trinajstić information content (AvgIpc) is 2.37. The van der Waals surface area contributed by atoms with E-state index >= 15 is 0 Å². The molecule has 0 atom stereocenters. The van der Waals surface area contributed by atoms with Crippen molar-refractivity contribution in [3.05, 3.63) is 24.0 Å². The highest BCUT2D eigenvalue weighted by atomic mass is 19.3. The van der Waals surface area contributed by atoms with E-state index in [4.69, 9.17) is 9.47 Å². The second-order valence-electron chi connectivity index (χ2n) is 4.85. The summed E-state index contributed by atoms with van der Waals surface area (Å²) in [4.78, 5) is 0. The molecule has 0 radical (unpaired) electrons. The first-order valence-electron chi connectivity index (χ1n) is 6.18. The number of aliphatic hydroxyl groups excluding tert-OH is 1. The first-order chi connectivity index (χ1) is 9.54. The third-order valence-electron chi connectivity index (χ3n) is 3.11. The smallest absolute Gasteiger partial charge is 0.272 e. The van der Waals surface area contributed by atoms with Gasteiger partial charge in [0.2, 0.25) is 0 Å². The Morgan fingerprint density at radius 2 is 2.15 bits per heavy atom. The summed E-state index contributed by atoms with van der Waals surface area (Å²) in [7, 11) is 0. The molecule has 7 heteroatoms. The third kappa shape index (κ3) is 3.55. The Bertz CT molecular complexity index is 447. The van der Waals surface area contributed by atoms with Crippen molar-refractivity contribution in [1.29, 1.82) is 0 Å². The SMILES string of the molecule is OCC1(CNc2ccc(F)cc2OCC(F)F)COC1. The number of alkyl halides is 2. The lowest BCUT2D eigenvalue weighted by Gasteiger charge is -2.40. The topological polar surface area (TPSA) is 50.7 Å². The van der Waals surface area contributed by atoms with Crippen molar-refractivity contribution in [3.63, 3.8) is 0 Å². The summed E-state index contributed by atoms with van der Waals surface area (Å²) in [6.45, 7) is 0.386. The molecule has 0 aromatic heterocycles. The van der Waals surface area contributed by atoms with Crippen molar-refractivity contribution in [2.45, 2.75) is 6.43 Å². The molecule has 0 unspecified atom stereocenters. The molecule has 0 saturated carbocycles. The van der Waals surface area contributed by atoms with Crippen LogP contribution in [0.15, 0.2) is 18.2 Å². The largest absolute Gasteiger partial charge is 0.485 e. The van der Waals surface area contributed by atoms with Gasteiger partial charge >= 0.3 is 0 Å². The van der Waals surface area contributed by atoms with Crippen LogP contribution in [0.4, 0.5) is 18.9 Å². The molecular formula is C13H16F3NO3. The maximum atomic E-state index is 13.1. The van der Waals surface area contributed by atoms with Crippen LogP contribution in [0, 0.1) is 11.2 Å². The number of benzene rings is 1. The number of ether oxygens (including phenoxy) is 2. The van der Waals surface area contributed by atoms with Gasteiger partial charge in [-0.15, -0.1) is 0 Å². The molecule has 1 aliphatic rings. The number of nitrogens with one attached hydrogen (secondary N) is 1. The van der Waals surface area contributed by atoms with E-state index in [-0.39, 0.29) is 17.8 Å². The monoisotopic (exact) mass is 291 g/mol. The van der Waals surface area contributed by atoms with E-state index in [9.17, 15) is 18.3 Å². The van der Waals surface area contributed by atoms with Gasteiger partial charge in [0.1, 0.15) is 18.2 Å². The van der Waals surface area contributed by atoms with E-state index in [0.29, 0.717) is 25.4 Å². The van der Waals surface area contributed by atoms with Crippen molar-refractivity contribution in [3.8, 4) is 5.75 Å². The summed E-state index contributed by atoms with van der Waals surface area (Å²) in [6, 6.07) is 3.68. The fraction of sp³-hybridized carbons (Fsp3) is 0.538. The Morgan fingerprint density at radius 1 is 1.40 bits per heavy atom. The van der Waals surface area contributed by atoms with Crippen LogP contribution in [0.2, 0.25) is 0 Å². The molecule has 1 saturated heterocycles. The van der Waals surface area contributed by atoms with Gasteiger partial charge in [-0.25, -0.2) is 13.2 Å². The molecule has 20 heavy (non-hydrogen) atoms.